The lowest BCUT2D eigenvalue weighted by atomic mass is 10.2. The number of benzene rings is 1. The molecule has 3 heterocycles. The molecule has 1 fully saturated rings. The molecule has 1 saturated heterocycles. The molecule has 11 heteroatoms. The zero-order chi connectivity index (χ0) is 21.1. The van der Waals surface area contributed by atoms with Gasteiger partial charge in [-0.15, -0.1) is 0 Å². The molecule has 2 aromatic heterocycles. The molecule has 10 nitrogen and oxygen atoms in total. The molecule has 4 rings (SSSR count). The molecule has 0 spiro atoms. The van der Waals surface area contributed by atoms with Gasteiger partial charge in [0.25, 0.3) is 5.91 Å². The van der Waals surface area contributed by atoms with E-state index in [-0.39, 0.29) is 41.4 Å². The van der Waals surface area contributed by atoms with E-state index in [0.29, 0.717) is 13.1 Å². The molecule has 0 atom stereocenters. The van der Waals surface area contributed by atoms with E-state index in [1.165, 1.54) is 23.3 Å². The first-order valence-corrected chi connectivity index (χ1v) is 10.8. The number of carbonyl (C=O) groups excluding carboxylic acids is 2. The molecule has 156 valence electrons. The average molecular weight is 430 g/mol. The Morgan fingerprint density at radius 1 is 0.933 bits per heavy atom. The number of sulfone groups is 1. The Bertz CT molecular complexity index is 1130. The minimum Gasteiger partial charge on any atom is -0.459 e. The number of hydrogen-bond acceptors (Lipinski definition) is 8. The van der Waals surface area contributed by atoms with E-state index >= 15 is 0 Å². The maximum Gasteiger partial charge on any atom is 0.316 e. The summed E-state index contributed by atoms with van der Waals surface area (Å²) in [6, 6.07) is 11.1. The molecule has 0 N–H and O–H groups in total. The van der Waals surface area contributed by atoms with Crippen molar-refractivity contribution in [1.82, 2.24) is 19.9 Å². The maximum absolute atomic E-state index is 12.6. The zero-order valence-electron chi connectivity index (χ0n) is 15.8. The minimum absolute atomic E-state index is 0.0890. The molecule has 30 heavy (non-hydrogen) atoms. The van der Waals surface area contributed by atoms with E-state index in [4.69, 9.17) is 8.94 Å². The Hall–Kier alpha value is -3.47. The Kier molecular flexibility index (Phi) is 5.36. The fourth-order valence-electron chi connectivity index (χ4n) is 3.08. The Morgan fingerprint density at radius 3 is 2.23 bits per heavy atom. The Labute approximate surface area is 172 Å². The third kappa shape index (κ3) is 4.10. The van der Waals surface area contributed by atoms with Crippen molar-refractivity contribution in [3.8, 4) is 0 Å². The summed E-state index contributed by atoms with van der Waals surface area (Å²) in [5, 5.41) is 3.63. The summed E-state index contributed by atoms with van der Waals surface area (Å²) < 4.78 is 34.9. The van der Waals surface area contributed by atoms with E-state index in [1.807, 2.05) is 0 Å². The highest BCUT2D eigenvalue weighted by molar-refractivity contribution is 7.90. The van der Waals surface area contributed by atoms with Gasteiger partial charge in [0.05, 0.1) is 11.2 Å². The van der Waals surface area contributed by atoms with Gasteiger partial charge < -0.3 is 18.7 Å². The van der Waals surface area contributed by atoms with Crippen molar-refractivity contribution < 1.29 is 26.9 Å². The van der Waals surface area contributed by atoms with E-state index in [0.717, 1.165) is 0 Å². The molecule has 0 aliphatic carbocycles. The lowest BCUT2D eigenvalue weighted by Gasteiger charge is -2.33. The van der Waals surface area contributed by atoms with Crippen molar-refractivity contribution in [2.45, 2.75) is 10.6 Å². The topological polar surface area (TPSA) is 127 Å². The van der Waals surface area contributed by atoms with E-state index in [2.05, 4.69) is 10.1 Å². The molecule has 1 aliphatic heterocycles. The summed E-state index contributed by atoms with van der Waals surface area (Å²) >= 11 is 0. The van der Waals surface area contributed by atoms with Crippen LogP contribution in [0.3, 0.4) is 0 Å². The molecule has 1 aromatic carbocycles. The summed E-state index contributed by atoms with van der Waals surface area (Å²) in [4.78, 5) is 32.1. The van der Waals surface area contributed by atoms with Crippen LogP contribution in [0.1, 0.15) is 27.1 Å². The molecule has 0 saturated carbocycles. The van der Waals surface area contributed by atoms with Gasteiger partial charge in [0.2, 0.25) is 0 Å². The predicted octanol–water partition coefficient (Wildman–Crippen LogP) is 1.23. The van der Waals surface area contributed by atoms with Crippen LogP contribution < -0.4 is 0 Å². The van der Waals surface area contributed by atoms with Crippen LogP contribution in [0.2, 0.25) is 0 Å². The molecule has 0 unspecified atom stereocenters. The van der Waals surface area contributed by atoms with Crippen molar-refractivity contribution in [3.05, 3.63) is 66.2 Å². The second-order valence-electron chi connectivity index (χ2n) is 6.65. The second kappa shape index (κ2) is 8.11. The van der Waals surface area contributed by atoms with Gasteiger partial charge in [0, 0.05) is 26.2 Å². The summed E-state index contributed by atoms with van der Waals surface area (Å²) in [6.45, 7) is 1.22. The number of nitrogens with zero attached hydrogens (tertiary/aromatic N) is 4. The summed E-state index contributed by atoms with van der Waals surface area (Å²) in [7, 11) is -3.65. The monoisotopic (exact) mass is 430 g/mol. The summed E-state index contributed by atoms with van der Waals surface area (Å²) in [5.41, 5.74) is 0. The van der Waals surface area contributed by atoms with Crippen LogP contribution in [0.25, 0.3) is 0 Å². The van der Waals surface area contributed by atoms with Crippen LogP contribution in [0, 0.1) is 0 Å². The first-order chi connectivity index (χ1) is 14.4. The highest BCUT2D eigenvalue weighted by Gasteiger charge is 2.30. The molecule has 0 radical (unpaired) electrons. The Morgan fingerprint density at radius 2 is 1.60 bits per heavy atom. The van der Waals surface area contributed by atoms with Crippen LogP contribution in [0.4, 0.5) is 0 Å². The van der Waals surface area contributed by atoms with Crippen molar-refractivity contribution >= 4 is 21.7 Å². The standard InChI is InChI=1S/C19H18N4O6S/c24-18(15-7-4-12-28-15)22-8-10-23(11-9-22)19(25)17-20-16(21-29-17)13-30(26,27)14-5-2-1-3-6-14/h1-7,12H,8-11,13H2. The first-order valence-electron chi connectivity index (χ1n) is 9.16. The smallest absolute Gasteiger partial charge is 0.316 e. The predicted molar refractivity (Wildman–Crippen MR) is 102 cm³/mol. The van der Waals surface area contributed by atoms with Crippen LogP contribution in [0.5, 0.6) is 0 Å². The maximum atomic E-state index is 12.6. The lowest BCUT2D eigenvalue weighted by molar-refractivity contribution is 0.0493. The van der Waals surface area contributed by atoms with Crippen molar-refractivity contribution in [3.63, 3.8) is 0 Å². The largest absolute Gasteiger partial charge is 0.459 e. The van der Waals surface area contributed by atoms with Gasteiger partial charge in [-0.1, -0.05) is 23.4 Å². The van der Waals surface area contributed by atoms with E-state index in [9.17, 15) is 18.0 Å². The van der Waals surface area contributed by atoms with Crippen molar-refractivity contribution in [2.24, 2.45) is 0 Å². The normalized spacial score (nSPS) is 14.7. The van der Waals surface area contributed by atoms with E-state index < -0.39 is 21.5 Å². The molecule has 3 aromatic rings. The highest BCUT2D eigenvalue weighted by Crippen LogP contribution is 2.16. The third-order valence-corrected chi connectivity index (χ3v) is 6.29. The second-order valence-corrected chi connectivity index (χ2v) is 8.64. The van der Waals surface area contributed by atoms with Gasteiger partial charge in [-0.3, -0.25) is 9.59 Å². The minimum atomic E-state index is -3.65. The van der Waals surface area contributed by atoms with Crippen LogP contribution >= 0.6 is 0 Å². The Balaban J connectivity index is 1.37. The van der Waals surface area contributed by atoms with Crippen LogP contribution in [-0.2, 0) is 15.6 Å². The third-order valence-electron chi connectivity index (χ3n) is 4.66. The highest BCUT2D eigenvalue weighted by atomic mass is 32.2. The van der Waals surface area contributed by atoms with Gasteiger partial charge in [-0.25, -0.2) is 8.42 Å². The number of amides is 2. The fraction of sp³-hybridized carbons (Fsp3) is 0.263. The van der Waals surface area contributed by atoms with Crippen molar-refractivity contribution in [2.75, 3.05) is 26.2 Å². The lowest BCUT2D eigenvalue weighted by Crippen LogP contribution is -2.50. The van der Waals surface area contributed by atoms with Gasteiger partial charge in [-0.05, 0) is 24.3 Å². The van der Waals surface area contributed by atoms with Gasteiger partial charge in [0.1, 0.15) is 5.75 Å². The van der Waals surface area contributed by atoms with E-state index in [1.54, 1.807) is 35.2 Å². The number of piperazine rings is 1. The molecular weight excluding hydrogens is 412 g/mol. The zero-order valence-corrected chi connectivity index (χ0v) is 16.6. The van der Waals surface area contributed by atoms with Crippen LogP contribution in [-0.4, -0.2) is 66.4 Å². The average Bonchev–Trinajstić information content (AvgIpc) is 3.46. The quantitative estimate of drug-likeness (QED) is 0.592. The molecule has 1 aliphatic rings. The van der Waals surface area contributed by atoms with Crippen molar-refractivity contribution in [1.29, 1.82) is 0 Å². The fourth-order valence-corrected chi connectivity index (χ4v) is 4.28. The molecule has 0 bridgehead atoms. The number of hydrogen-bond donors (Lipinski definition) is 0. The van der Waals surface area contributed by atoms with Gasteiger partial charge in [0.15, 0.2) is 21.4 Å². The number of aromatic nitrogens is 2. The summed E-state index contributed by atoms with van der Waals surface area (Å²) in [5.74, 6) is -1.34. The first kappa shape index (κ1) is 19.8. The SMILES string of the molecule is O=C(c1ccco1)N1CCN(C(=O)c2nc(CS(=O)(=O)c3ccccc3)no2)CC1. The van der Waals surface area contributed by atoms with Gasteiger partial charge >= 0.3 is 11.8 Å². The number of furan rings is 1. The number of carbonyl (C=O) groups is 2. The molecule has 2 amide bonds. The summed E-state index contributed by atoms with van der Waals surface area (Å²) in [6.07, 6.45) is 1.43. The molecular formula is C19H18N4O6S. The van der Waals surface area contributed by atoms with Gasteiger partial charge in [-0.2, -0.15) is 4.98 Å². The van der Waals surface area contributed by atoms with Crippen LogP contribution in [0.15, 0.2) is 62.6 Å². The number of rotatable bonds is 5.